The van der Waals surface area contributed by atoms with Gasteiger partial charge in [-0.3, -0.25) is 0 Å². The van der Waals surface area contributed by atoms with E-state index < -0.39 is 18.8 Å². The van der Waals surface area contributed by atoms with Crippen molar-refractivity contribution < 1.29 is 17.9 Å². The van der Waals surface area contributed by atoms with Crippen LogP contribution in [0.4, 0.5) is 18.9 Å². The van der Waals surface area contributed by atoms with Crippen LogP contribution in [0.15, 0.2) is 18.2 Å². The fourth-order valence-electron chi connectivity index (χ4n) is 2.15. The summed E-state index contributed by atoms with van der Waals surface area (Å²) in [5.74, 6) is -0.119. The van der Waals surface area contributed by atoms with Crippen LogP contribution in [0.5, 0.6) is 5.75 Å². The summed E-state index contributed by atoms with van der Waals surface area (Å²) < 4.78 is 42.8. The Balaban J connectivity index is 2.14. The van der Waals surface area contributed by atoms with Crippen molar-refractivity contribution >= 4 is 5.69 Å². The second-order valence-corrected chi connectivity index (χ2v) is 4.64. The van der Waals surface area contributed by atoms with Crippen molar-refractivity contribution in [1.29, 1.82) is 0 Å². The highest BCUT2D eigenvalue weighted by Gasteiger charge is 2.20. The Bertz CT molecular complexity index is 420. The second-order valence-electron chi connectivity index (χ2n) is 4.64. The molecule has 0 radical (unpaired) electrons. The number of ether oxygens (including phenoxy) is 1. The minimum Gasteiger partial charge on any atom is -0.485 e. The van der Waals surface area contributed by atoms with Gasteiger partial charge in [-0.1, -0.05) is 0 Å². The van der Waals surface area contributed by atoms with E-state index in [0.29, 0.717) is 18.8 Å². The van der Waals surface area contributed by atoms with Gasteiger partial charge in [0.05, 0.1) is 5.69 Å². The van der Waals surface area contributed by atoms with E-state index >= 15 is 0 Å². The van der Waals surface area contributed by atoms with Crippen molar-refractivity contribution in [2.45, 2.75) is 25.3 Å². The molecule has 1 saturated heterocycles. The smallest absolute Gasteiger partial charge is 0.272 e. The zero-order chi connectivity index (χ0) is 13.8. The highest BCUT2D eigenvalue weighted by molar-refractivity contribution is 5.59. The second kappa shape index (κ2) is 6.14. The predicted octanol–water partition coefficient (Wildman–Crippen LogP) is 2.40. The van der Waals surface area contributed by atoms with Gasteiger partial charge in [0.15, 0.2) is 0 Å². The average Bonchev–Trinajstić information content (AvgIpc) is 2.38. The van der Waals surface area contributed by atoms with Crippen LogP contribution >= 0.6 is 0 Å². The van der Waals surface area contributed by atoms with Crippen molar-refractivity contribution in [3.8, 4) is 5.75 Å². The summed E-state index contributed by atoms with van der Waals surface area (Å²) in [6, 6.07) is 4.06. The largest absolute Gasteiger partial charge is 0.485 e. The Kier molecular flexibility index (Phi) is 4.52. The van der Waals surface area contributed by atoms with Crippen LogP contribution in [-0.2, 0) is 0 Å². The standard InChI is InChI=1S/C13H17F3N2O/c14-9-1-2-12(19-8-13(15)16)11(7-9)18-5-3-10(17)4-6-18/h1-2,7,10,13H,3-6,8,17H2. The number of piperidine rings is 1. The minimum atomic E-state index is -2.55. The average molecular weight is 274 g/mol. The molecule has 0 spiro atoms. The van der Waals surface area contributed by atoms with Crippen LogP contribution < -0.4 is 15.4 Å². The van der Waals surface area contributed by atoms with Crippen LogP contribution in [-0.4, -0.2) is 32.2 Å². The number of anilines is 1. The van der Waals surface area contributed by atoms with E-state index in [2.05, 4.69) is 0 Å². The van der Waals surface area contributed by atoms with E-state index in [1.54, 1.807) is 0 Å². The maximum absolute atomic E-state index is 13.3. The first-order chi connectivity index (χ1) is 9.06. The molecule has 1 fully saturated rings. The molecule has 0 bridgehead atoms. The first-order valence-electron chi connectivity index (χ1n) is 6.27. The Labute approximate surface area is 110 Å². The lowest BCUT2D eigenvalue weighted by atomic mass is 10.1. The maximum atomic E-state index is 13.3. The molecule has 6 heteroatoms. The topological polar surface area (TPSA) is 38.5 Å². The van der Waals surface area contributed by atoms with Crippen molar-refractivity contribution in [1.82, 2.24) is 0 Å². The van der Waals surface area contributed by atoms with Crippen LogP contribution in [0.2, 0.25) is 0 Å². The van der Waals surface area contributed by atoms with Gasteiger partial charge in [0, 0.05) is 25.2 Å². The fraction of sp³-hybridized carbons (Fsp3) is 0.538. The summed E-state index contributed by atoms with van der Waals surface area (Å²) in [5, 5.41) is 0. The molecule has 106 valence electrons. The molecular weight excluding hydrogens is 257 g/mol. The third-order valence-corrected chi connectivity index (χ3v) is 3.17. The quantitative estimate of drug-likeness (QED) is 0.916. The van der Waals surface area contributed by atoms with Gasteiger partial charge in [0.2, 0.25) is 0 Å². The van der Waals surface area contributed by atoms with E-state index in [1.165, 1.54) is 18.2 Å². The first-order valence-corrected chi connectivity index (χ1v) is 6.27. The number of alkyl halides is 2. The van der Waals surface area contributed by atoms with Gasteiger partial charge in [0.25, 0.3) is 6.43 Å². The molecule has 19 heavy (non-hydrogen) atoms. The van der Waals surface area contributed by atoms with E-state index in [4.69, 9.17) is 10.5 Å². The molecule has 1 heterocycles. The van der Waals surface area contributed by atoms with E-state index in [1.807, 2.05) is 4.90 Å². The zero-order valence-corrected chi connectivity index (χ0v) is 10.5. The molecule has 0 unspecified atom stereocenters. The van der Waals surface area contributed by atoms with Gasteiger partial charge in [-0.05, 0) is 25.0 Å². The Morgan fingerprint density at radius 2 is 2.00 bits per heavy atom. The Morgan fingerprint density at radius 3 is 2.63 bits per heavy atom. The Morgan fingerprint density at radius 1 is 1.32 bits per heavy atom. The summed E-state index contributed by atoms with van der Waals surface area (Å²) in [5.41, 5.74) is 6.33. The summed E-state index contributed by atoms with van der Waals surface area (Å²) in [4.78, 5) is 1.92. The first kappa shape index (κ1) is 14.0. The van der Waals surface area contributed by atoms with Crippen molar-refractivity contribution in [3.63, 3.8) is 0 Å². The number of nitrogens with two attached hydrogens (primary N) is 1. The van der Waals surface area contributed by atoms with Crippen LogP contribution in [0.1, 0.15) is 12.8 Å². The molecule has 1 aliphatic heterocycles. The van der Waals surface area contributed by atoms with Gasteiger partial charge < -0.3 is 15.4 Å². The van der Waals surface area contributed by atoms with Crippen LogP contribution in [0, 0.1) is 5.82 Å². The van der Waals surface area contributed by atoms with Crippen molar-refractivity contribution in [2.24, 2.45) is 5.73 Å². The molecule has 0 aromatic heterocycles. The number of hydrogen-bond acceptors (Lipinski definition) is 3. The lowest BCUT2D eigenvalue weighted by Crippen LogP contribution is -2.39. The molecule has 3 nitrogen and oxygen atoms in total. The van der Waals surface area contributed by atoms with Crippen molar-refractivity contribution in [3.05, 3.63) is 24.0 Å². The number of benzene rings is 1. The molecule has 1 aromatic carbocycles. The van der Waals surface area contributed by atoms with Crippen LogP contribution in [0.3, 0.4) is 0 Å². The number of rotatable bonds is 4. The molecule has 0 saturated carbocycles. The SMILES string of the molecule is NC1CCN(c2cc(F)ccc2OCC(F)F)CC1. The van der Waals surface area contributed by atoms with Gasteiger partial charge in [-0.25, -0.2) is 13.2 Å². The molecule has 0 aliphatic carbocycles. The van der Waals surface area contributed by atoms with Crippen molar-refractivity contribution in [2.75, 3.05) is 24.6 Å². The predicted molar refractivity (Wildman–Crippen MR) is 67.3 cm³/mol. The lowest BCUT2D eigenvalue weighted by Gasteiger charge is -2.33. The maximum Gasteiger partial charge on any atom is 0.272 e. The third-order valence-electron chi connectivity index (χ3n) is 3.17. The third kappa shape index (κ3) is 3.76. The van der Waals surface area contributed by atoms with E-state index in [9.17, 15) is 13.2 Å². The number of hydrogen-bond donors (Lipinski definition) is 1. The normalized spacial score (nSPS) is 17.0. The zero-order valence-electron chi connectivity index (χ0n) is 10.5. The van der Waals surface area contributed by atoms with E-state index in [0.717, 1.165) is 12.8 Å². The molecular formula is C13H17F3N2O. The van der Waals surface area contributed by atoms with Gasteiger partial charge in [-0.15, -0.1) is 0 Å². The molecule has 1 aromatic rings. The van der Waals surface area contributed by atoms with Gasteiger partial charge in [-0.2, -0.15) is 0 Å². The number of halogens is 3. The summed E-state index contributed by atoms with van der Waals surface area (Å²) in [6.45, 7) is 0.664. The number of nitrogens with zero attached hydrogens (tertiary/aromatic N) is 1. The monoisotopic (exact) mass is 274 g/mol. The van der Waals surface area contributed by atoms with Gasteiger partial charge >= 0.3 is 0 Å². The summed E-state index contributed by atoms with van der Waals surface area (Å²) in [7, 11) is 0. The molecule has 2 N–H and O–H groups in total. The summed E-state index contributed by atoms with van der Waals surface area (Å²) in [6.07, 6.45) is -0.956. The molecule has 2 rings (SSSR count). The van der Waals surface area contributed by atoms with Gasteiger partial charge in [0.1, 0.15) is 18.2 Å². The molecule has 0 amide bonds. The Hall–Kier alpha value is -1.43. The minimum absolute atomic E-state index is 0.148. The summed E-state index contributed by atoms with van der Waals surface area (Å²) >= 11 is 0. The fourth-order valence-corrected chi connectivity index (χ4v) is 2.15. The highest BCUT2D eigenvalue weighted by atomic mass is 19.3. The molecule has 1 aliphatic rings. The van der Waals surface area contributed by atoms with E-state index in [-0.39, 0.29) is 11.8 Å². The van der Waals surface area contributed by atoms with Crippen LogP contribution in [0.25, 0.3) is 0 Å². The molecule has 0 atom stereocenters. The lowest BCUT2D eigenvalue weighted by molar-refractivity contribution is 0.0820. The highest BCUT2D eigenvalue weighted by Crippen LogP contribution is 2.31.